The van der Waals surface area contributed by atoms with Crippen molar-refractivity contribution < 1.29 is 5.11 Å². The standard InChI is InChI=1S/C21H15N5O/c27-21-16-9-5-4-8-15(16)20(25-26-21)22-14-10-11-17-18(12-14)24-19(23-17)13-6-2-1-3-7-13/h1-12H,(H,22,25)(H,23,24)(H,26,27). The number of hydrogen-bond acceptors (Lipinski definition) is 5. The van der Waals surface area contributed by atoms with Gasteiger partial charge in [0.25, 0.3) is 0 Å². The summed E-state index contributed by atoms with van der Waals surface area (Å²) < 4.78 is 0. The number of nitrogens with one attached hydrogen (secondary N) is 2. The van der Waals surface area contributed by atoms with Crippen molar-refractivity contribution in [1.82, 2.24) is 20.2 Å². The van der Waals surface area contributed by atoms with Gasteiger partial charge in [0.2, 0.25) is 5.88 Å². The predicted octanol–water partition coefficient (Wildman–Crippen LogP) is 4.62. The summed E-state index contributed by atoms with van der Waals surface area (Å²) in [7, 11) is 0. The summed E-state index contributed by atoms with van der Waals surface area (Å²) in [6.45, 7) is 0. The fourth-order valence-electron chi connectivity index (χ4n) is 3.14. The van der Waals surface area contributed by atoms with E-state index in [0.717, 1.165) is 33.5 Å². The lowest BCUT2D eigenvalue weighted by Crippen LogP contribution is -1.97. The number of anilines is 2. The molecule has 0 bridgehead atoms. The number of nitrogens with zero attached hydrogens (tertiary/aromatic N) is 3. The summed E-state index contributed by atoms with van der Waals surface area (Å²) in [6.07, 6.45) is 0. The Morgan fingerprint density at radius 1 is 0.815 bits per heavy atom. The first-order valence-corrected chi connectivity index (χ1v) is 8.54. The van der Waals surface area contributed by atoms with Crippen LogP contribution in [0.2, 0.25) is 0 Å². The SMILES string of the molecule is Oc1nnc(Nc2ccc3[nH]c(-c4ccccc4)nc3c2)c2ccccc12. The summed E-state index contributed by atoms with van der Waals surface area (Å²) in [6, 6.07) is 23.4. The molecule has 3 aromatic carbocycles. The van der Waals surface area contributed by atoms with Crippen LogP contribution in [0.5, 0.6) is 5.88 Å². The van der Waals surface area contributed by atoms with Gasteiger partial charge in [-0.25, -0.2) is 4.98 Å². The molecule has 2 heterocycles. The van der Waals surface area contributed by atoms with Gasteiger partial charge in [0.05, 0.1) is 11.0 Å². The molecule has 0 atom stereocenters. The number of H-pyrrole nitrogens is 1. The molecule has 0 spiro atoms. The molecule has 0 unspecified atom stereocenters. The maximum absolute atomic E-state index is 9.90. The van der Waals surface area contributed by atoms with Crippen molar-refractivity contribution in [3.8, 4) is 17.3 Å². The average Bonchev–Trinajstić information content (AvgIpc) is 3.14. The molecular weight excluding hydrogens is 338 g/mol. The van der Waals surface area contributed by atoms with Crippen molar-refractivity contribution in [2.45, 2.75) is 0 Å². The summed E-state index contributed by atoms with van der Waals surface area (Å²) in [5.74, 6) is 1.34. The van der Waals surface area contributed by atoms with Crippen LogP contribution >= 0.6 is 0 Å². The fourth-order valence-corrected chi connectivity index (χ4v) is 3.14. The van der Waals surface area contributed by atoms with Gasteiger partial charge in [-0.05, 0) is 24.3 Å². The van der Waals surface area contributed by atoms with Crippen LogP contribution in [-0.4, -0.2) is 25.3 Å². The largest absolute Gasteiger partial charge is 0.492 e. The lowest BCUT2D eigenvalue weighted by atomic mass is 10.2. The normalized spacial score (nSPS) is 11.1. The molecule has 6 heteroatoms. The predicted molar refractivity (Wildman–Crippen MR) is 106 cm³/mol. The van der Waals surface area contributed by atoms with E-state index in [2.05, 4.69) is 20.5 Å². The third-order valence-corrected chi connectivity index (χ3v) is 4.46. The Kier molecular flexibility index (Phi) is 3.47. The molecule has 0 fully saturated rings. The van der Waals surface area contributed by atoms with E-state index < -0.39 is 0 Å². The molecule has 2 aromatic heterocycles. The minimum absolute atomic E-state index is 0.0774. The number of hydrogen-bond donors (Lipinski definition) is 3. The van der Waals surface area contributed by atoms with E-state index in [9.17, 15) is 5.11 Å². The Labute approximate surface area is 154 Å². The third kappa shape index (κ3) is 2.73. The maximum atomic E-state index is 9.90. The molecule has 3 N–H and O–H groups in total. The molecule has 0 aliphatic rings. The zero-order valence-corrected chi connectivity index (χ0v) is 14.2. The summed E-state index contributed by atoms with van der Waals surface area (Å²) in [5.41, 5.74) is 3.70. The summed E-state index contributed by atoms with van der Waals surface area (Å²) >= 11 is 0. The summed E-state index contributed by atoms with van der Waals surface area (Å²) in [4.78, 5) is 8.03. The number of aromatic nitrogens is 4. The van der Waals surface area contributed by atoms with E-state index in [-0.39, 0.29) is 5.88 Å². The molecule has 5 rings (SSSR count). The van der Waals surface area contributed by atoms with Crippen molar-refractivity contribution in [3.05, 3.63) is 72.8 Å². The van der Waals surface area contributed by atoms with Crippen LogP contribution in [0, 0.1) is 0 Å². The monoisotopic (exact) mass is 353 g/mol. The van der Waals surface area contributed by atoms with Gasteiger partial charge in [-0.1, -0.05) is 48.5 Å². The minimum Gasteiger partial charge on any atom is -0.492 e. The Bertz CT molecular complexity index is 1260. The van der Waals surface area contributed by atoms with Gasteiger partial charge in [0.15, 0.2) is 5.82 Å². The van der Waals surface area contributed by atoms with Gasteiger partial charge >= 0.3 is 0 Å². The van der Waals surface area contributed by atoms with Crippen LogP contribution in [0.25, 0.3) is 33.2 Å². The maximum Gasteiger partial charge on any atom is 0.239 e. The quantitative estimate of drug-likeness (QED) is 0.440. The number of aromatic hydroxyl groups is 1. The Morgan fingerprint density at radius 3 is 2.44 bits per heavy atom. The number of fused-ring (bicyclic) bond motifs is 2. The van der Waals surface area contributed by atoms with Gasteiger partial charge in [-0.2, -0.15) is 0 Å². The van der Waals surface area contributed by atoms with E-state index in [4.69, 9.17) is 4.98 Å². The van der Waals surface area contributed by atoms with Crippen molar-refractivity contribution in [2.24, 2.45) is 0 Å². The van der Waals surface area contributed by atoms with Gasteiger partial charge < -0.3 is 15.4 Å². The Balaban J connectivity index is 1.54. The van der Waals surface area contributed by atoms with Crippen molar-refractivity contribution in [3.63, 3.8) is 0 Å². The lowest BCUT2D eigenvalue weighted by Gasteiger charge is -2.08. The van der Waals surface area contributed by atoms with E-state index in [0.29, 0.717) is 11.2 Å². The van der Waals surface area contributed by atoms with Gasteiger partial charge in [0.1, 0.15) is 5.82 Å². The van der Waals surface area contributed by atoms with Crippen molar-refractivity contribution in [2.75, 3.05) is 5.32 Å². The highest BCUT2D eigenvalue weighted by Gasteiger charge is 2.10. The molecule has 0 radical (unpaired) electrons. The average molecular weight is 353 g/mol. The molecule has 5 aromatic rings. The van der Waals surface area contributed by atoms with Crippen LogP contribution in [0.1, 0.15) is 0 Å². The van der Waals surface area contributed by atoms with E-state index in [1.807, 2.05) is 72.8 Å². The number of benzene rings is 3. The fraction of sp³-hybridized carbons (Fsp3) is 0. The van der Waals surface area contributed by atoms with Crippen molar-refractivity contribution >= 4 is 33.3 Å². The Hall–Kier alpha value is -3.93. The highest BCUT2D eigenvalue weighted by Crippen LogP contribution is 2.29. The number of rotatable bonds is 3. The third-order valence-electron chi connectivity index (χ3n) is 4.46. The zero-order valence-electron chi connectivity index (χ0n) is 14.2. The second-order valence-corrected chi connectivity index (χ2v) is 6.23. The second-order valence-electron chi connectivity index (χ2n) is 6.23. The summed E-state index contributed by atoms with van der Waals surface area (Å²) in [5, 5.41) is 22.6. The molecule has 6 nitrogen and oxygen atoms in total. The van der Waals surface area contributed by atoms with E-state index in [1.54, 1.807) is 0 Å². The molecule has 0 saturated heterocycles. The van der Waals surface area contributed by atoms with Crippen LogP contribution in [0.4, 0.5) is 11.5 Å². The first-order valence-electron chi connectivity index (χ1n) is 8.54. The van der Waals surface area contributed by atoms with Gasteiger partial charge in [-0.3, -0.25) is 0 Å². The molecule has 0 aliphatic heterocycles. The molecule has 0 amide bonds. The van der Waals surface area contributed by atoms with Crippen LogP contribution in [-0.2, 0) is 0 Å². The molecule has 27 heavy (non-hydrogen) atoms. The number of imidazole rings is 1. The van der Waals surface area contributed by atoms with Crippen LogP contribution < -0.4 is 5.32 Å². The highest BCUT2D eigenvalue weighted by molar-refractivity contribution is 5.96. The molecule has 130 valence electrons. The number of aromatic amines is 1. The Morgan fingerprint density at radius 2 is 1.59 bits per heavy atom. The van der Waals surface area contributed by atoms with Crippen LogP contribution in [0.3, 0.4) is 0 Å². The van der Waals surface area contributed by atoms with E-state index >= 15 is 0 Å². The highest BCUT2D eigenvalue weighted by atomic mass is 16.3. The van der Waals surface area contributed by atoms with Gasteiger partial charge in [0, 0.05) is 22.0 Å². The lowest BCUT2D eigenvalue weighted by molar-refractivity contribution is 0.453. The minimum atomic E-state index is -0.0774. The first kappa shape index (κ1) is 15.3. The first-order chi connectivity index (χ1) is 13.3. The zero-order chi connectivity index (χ0) is 18.2. The molecular formula is C21H15N5O. The van der Waals surface area contributed by atoms with Crippen molar-refractivity contribution in [1.29, 1.82) is 0 Å². The van der Waals surface area contributed by atoms with Gasteiger partial charge in [-0.15, -0.1) is 10.2 Å². The smallest absolute Gasteiger partial charge is 0.239 e. The second kappa shape index (κ2) is 6.10. The molecule has 0 saturated carbocycles. The van der Waals surface area contributed by atoms with E-state index in [1.165, 1.54) is 0 Å². The molecule has 0 aliphatic carbocycles. The van der Waals surface area contributed by atoms with Crippen LogP contribution in [0.15, 0.2) is 72.8 Å². The topological polar surface area (TPSA) is 86.7 Å².